The van der Waals surface area contributed by atoms with Crippen molar-refractivity contribution in [1.82, 2.24) is 15.1 Å². The predicted octanol–water partition coefficient (Wildman–Crippen LogP) is 4.95. The number of carbonyl (C=O) groups excluding carboxylic acids is 2. The SMILES string of the molecule is CCNC(=O)N(CC(=O)N1CCc2sccc2[C@H]1COc1ccc(C)cc1C)C[C@@H](C)CC. The Balaban J connectivity index is 1.78. The molecule has 0 bridgehead atoms. The smallest absolute Gasteiger partial charge is 0.317 e. The standard InChI is InChI=1S/C26H37N3O3S/c1-6-18(3)15-28(26(31)27-7-2)16-25(30)29-12-10-24-21(11-13-33-24)22(29)17-32-23-9-8-19(4)14-20(23)5/h8-9,11,13-14,18,22H,6-7,10,12,15-17H2,1-5H3,(H,27,31)/t18-,22+/m0/s1. The molecule has 6 nitrogen and oxygen atoms in total. The van der Waals surface area contributed by atoms with Gasteiger partial charge in [0.15, 0.2) is 0 Å². The minimum Gasteiger partial charge on any atom is -0.491 e. The number of thiophene rings is 1. The van der Waals surface area contributed by atoms with E-state index in [9.17, 15) is 9.59 Å². The first-order valence-electron chi connectivity index (χ1n) is 11.9. The van der Waals surface area contributed by atoms with Gasteiger partial charge in [-0.05, 0) is 61.7 Å². The van der Waals surface area contributed by atoms with Crippen molar-refractivity contribution < 1.29 is 14.3 Å². The summed E-state index contributed by atoms with van der Waals surface area (Å²) in [6.45, 7) is 12.4. The Morgan fingerprint density at radius 2 is 2.06 bits per heavy atom. The van der Waals surface area contributed by atoms with E-state index in [4.69, 9.17) is 4.74 Å². The van der Waals surface area contributed by atoms with Crippen LogP contribution in [0.15, 0.2) is 29.6 Å². The molecule has 0 fully saturated rings. The van der Waals surface area contributed by atoms with Gasteiger partial charge < -0.3 is 19.9 Å². The molecule has 33 heavy (non-hydrogen) atoms. The number of urea groups is 1. The number of fused-ring (bicyclic) bond motifs is 1. The van der Waals surface area contributed by atoms with Crippen molar-refractivity contribution in [3.63, 3.8) is 0 Å². The topological polar surface area (TPSA) is 61.9 Å². The Labute approximate surface area is 201 Å². The Morgan fingerprint density at radius 1 is 1.27 bits per heavy atom. The second kappa shape index (κ2) is 11.5. The average Bonchev–Trinajstić information content (AvgIpc) is 3.27. The molecule has 2 heterocycles. The van der Waals surface area contributed by atoms with Gasteiger partial charge in [0.2, 0.25) is 5.91 Å². The van der Waals surface area contributed by atoms with Crippen LogP contribution in [0, 0.1) is 19.8 Å². The molecule has 1 N–H and O–H groups in total. The molecule has 0 saturated heterocycles. The molecule has 0 radical (unpaired) electrons. The van der Waals surface area contributed by atoms with Crippen LogP contribution in [-0.4, -0.2) is 54.5 Å². The van der Waals surface area contributed by atoms with Crippen LogP contribution in [0.3, 0.4) is 0 Å². The van der Waals surface area contributed by atoms with E-state index >= 15 is 0 Å². The third-order valence-electron chi connectivity index (χ3n) is 6.31. The molecule has 3 amide bonds. The van der Waals surface area contributed by atoms with E-state index in [-0.39, 0.29) is 24.5 Å². The number of hydrogen-bond acceptors (Lipinski definition) is 4. The van der Waals surface area contributed by atoms with E-state index in [0.29, 0.717) is 32.2 Å². The zero-order valence-electron chi connectivity index (χ0n) is 20.5. The quantitative estimate of drug-likeness (QED) is 0.563. The van der Waals surface area contributed by atoms with Gasteiger partial charge in [0.25, 0.3) is 0 Å². The first-order chi connectivity index (χ1) is 15.8. The molecule has 1 aromatic carbocycles. The molecule has 0 saturated carbocycles. The highest BCUT2D eigenvalue weighted by Crippen LogP contribution is 2.34. The number of nitrogens with zero attached hydrogens (tertiary/aromatic N) is 2. The van der Waals surface area contributed by atoms with Gasteiger partial charge in [-0.1, -0.05) is 38.0 Å². The van der Waals surface area contributed by atoms with Crippen LogP contribution in [0.1, 0.15) is 54.8 Å². The van der Waals surface area contributed by atoms with Gasteiger partial charge in [0.05, 0.1) is 6.04 Å². The number of rotatable bonds is 9. The number of amides is 3. The summed E-state index contributed by atoms with van der Waals surface area (Å²) in [5.74, 6) is 1.14. The largest absolute Gasteiger partial charge is 0.491 e. The van der Waals surface area contributed by atoms with Crippen LogP contribution in [0.5, 0.6) is 5.75 Å². The van der Waals surface area contributed by atoms with E-state index in [1.165, 1.54) is 10.4 Å². The van der Waals surface area contributed by atoms with Gasteiger partial charge in [-0.2, -0.15) is 0 Å². The summed E-state index contributed by atoms with van der Waals surface area (Å²) in [4.78, 5) is 31.0. The molecular formula is C26H37N3O3S. The number of carbonyl (C=O) groups is 2. The molecule has 2 aromatic rings. The van der Waals surface area contributed by atoms with Crippen LogP contribution >= 0.6 is 11.3 Å². The molecule has 1 aliphatic rings. The van der Waals surface area contributed by atoms with Gasteiger partial charge >= 0.3 is 6.03 Å². The van der Waals surface area contributed by atoms with Gasteiger partial charge in [0, 0.05) is 24.5 Å². The summed E-state index contributed by atoms with van der Waals surface area (Å²) >= 11 is 1.74. The molecule has 2 atom stereocenters. The molecule has 0 spiro atoms. The summed E-state index contributed by atoms with van der Waals surface area (Å²) in [6, 6.07) is 7.92. The monoisotopic (exact) mass is 471 g/mol. The van der Waals surface area contributed by atoms with E-state index in [2.05, 4.69) is 43.6 Å². The van der Waals surface area contributed by atoms with Crippen molar-refractivity contribution in [3.8, 4) is 5.75 Å². The second-order valence-electron chi connectivity index (χ2n) is 8.96. The Bertz CT molecular complexity index is 958. The van der Waals surface area contributed by atoms with E-state index in [0.717, 1.165) is 29.7 Å². The van der Waals surface area contributed by atoms with Gasteiger partial charge in [-0.25, -0.2) is 4.79 Å². The fourth-order valence-electron chi connectivity index (χ4n) is 4.25. The lowest BCUT2D eigenvalue weighted by atomic mass is 10.00. The third kappa shape index (κ3) is 6.28. The zero-order chi connectivity index (χ0) is 24.0. The lowest BCUT2D eigenvalue weighted by Crippen LogP contribution is -2.50. The predicted molar refractivity (Wildman–Crippen MR) is 134 cm³/mol. The minimum atomic E-state index is -0.178. The summed E-state index contributed by atoms with van der Waals surface area (Å²) < 4.78 is 6.23. The Morgan fingerprint density at radius 3 is 2.76 bits per heavy atom. The maximum Gasteiger partial charge on any atom is 0.317 e. The second-order valence-corrected chi connectivity index (χ2v) is 9.96. The summed E-state index contributed by atoms with van der Waals surface area (Å²) in [5, 5.41) is 4.95. The first-order valence-corrected chi connectivity index (χ1v) is 12.8. The van der Waals surface area contributed by atoms with Gasteiger partial charge in [-0.15, -0.1) is 11.3 Å². The zero-order valence-corrected chi connectivity index (χ0v) is 21.3. The molecule has 0 aliphatic carbocycles. The third-order valence-corrected chi connectivity index (χ3v) is 7.31. The van der Waals surface area contributed by atoms with E-state index in [1.54, 1.807) is 16.2 Å². The van der Waals surface area contributed by atoms with Crippen LogP contribution in [0.4, 0.5) is 4.79 Å². The molecular weight excluding hydrogens is 434 g/mol. The number of ether oxygens (including phenoxy) is 1. The normalized spacial score (nSPS) is 16.2. The van der Waals surface area contributed by atoms with Crippen LogP contribution in [0.2, 0.25) is 0 Å². The first kappa shape index (κ1) is 25.1. The van der Waals surface area contributed by atoms with Crippen molar-refractivity contribution in [2.75, 3.05) is 32.8 Å². The number of benzene rings is 1. The van der Waals surface area contributed by atoms with Crippen molar-refractivity contribution in [3.05, 3.63) is 51.2 Å². The lowest BCUT2D eigenvalue weighted by molar-refractivity contribution is -0.135. The van der Waals surface area contributed by atoms with Crippen LogP contribution in [0.25, 0.3) is 0 Å². The highest BCUT2D eigenvalue weighted by Gasteiger charge is 2.33. The molecule has 1 aliphatic heterocycles. The van der Waals surface area contributed by atoms with Crippen LogP contribution in [-0.2, 0) is 11.2 Å². The van der Waals surface area contributed by atoms with Crippen molar-refractivity contribution in [2.24, 2.45) is 5.92 Å². The highest BCUT2D eigenvalue weighted by molar-refractivity contribution is 7.10. The summed E-state index contributed by atoms with van der Waals surface area (Å²) in [6.07, 6.45) is 1.80. The fourth-order valence-corrected chi connectivity index (χ4v) is 5.17. The Kier molecular flexibility index (Phi) is 8.78. The van der Waals surface area contributed by atoms with Crippen LogP contribution < -0.4 is 10.1 Å². The van der Waals surface area contributed by atoms with E-state index < -0.39 is 0 Å². The van der Waals surface area contributed by atoms with Crippen molar-refractivity contribution in [2.45, 2.75) is 53.5 Å². The number of nitrogens with one attached hydrogen (secondary N) is 1. The Hall–Kier alpha value is -2.54. The summed E-state index contributed by atoms with van der Waals surface area (Å²) in [7, 11) is 0. The summed E-state index contributed by atoms with van der Waals surface area (Å²) in [5.41, 5.74) is 3.45. The van der Waals surface area contributed by atoms with Gasteiger partial charge in [-0.3, -0.25) is 4.79 Å². The maximum atomic E-state index is 13.5. The van der Waals surface area contributed by atoms with Crippen molar-refractivity contribution >= 4 is 23.3 Å². The molecule has 7 heteroatoms. The number of hydrogen-bond donors (Lipinski definition) is 1. The molecule has 0 unspecified atom stereocenters. The lowest BCUT2D eigenvalue weighted by Gasteiger charge is -2.37. The maximum absolute atomic E-state index is 13.5. The highest BCUT2D eigenvalue weighted by atomic mass is 32.1. The molecule has 1 aromatic heterocycles. The number of aryl methyl sites for hydroxylation is 2. The fraction of sp³-hybridized carbons (Fsp3) is 0.538. The minimum absolute atomic E-state index is 0.0318. The molecule has 3 rings (SSSR count). The van der Waals surface area contributed by atoms with E-state index in [1.807, 2.05) is 30.9 Å². The van der Waals surface area contributed by atoms with Gasteiger partial charge in [0.1, 0.15) is 18.9 Å². The molecule has 180 valence electrons. The average molecular weight is 472 g/mol. The van der Waals surface area contributed by atoms with Crippen molar-refractivity contribution in [1.29, 1.82) is 0 Å².